The first kappa shape index (κ1) is 17.1. The monoisotopic (exact) mass is 335 g/mol. The van der Waals surface area contributed by atoms with Crippen LogP contribution in [0.2, 0.25) is 5.02 Å². The van der Waals surface area contributed by atoms with Gasteiger partial charge in [0.05, 0.1) is 25.3 Å². The van der Waals surface area contributed by atoms with Gasteiger partial charge < -0.3 is 15.4 Å². The van der Waals surface area contributed by atoms with Gasteiger partial charge in [-0.25, -0.2) is 4.79 Å². The van der Waals surface area contributed by atoms with Crippen molar-refractivity contribution in [1.29, 1.82) is 5.26 Å². The molecule has 7 heteroatoms. The lowest BCUT2D eigenvalue weighted by atomic mass is 10.00. The number of hydrogen-bond acceptors (Lipinski definition) is 5. The number of nitrogens with one attached hydrogen (secondary N) is 2. The first-order valence-corrected chi connectivity index (χ1v) is 7.71. The van der Waals surface area contributed by atoms with Crippen LogP contribution in [0.3, 0.4) is 0 Å². The van der Waals surface area contributed by atoms with Crippen molar-refractivity contribution >= 4 is 29.2 Å². The van der Waals surface area contributed by atoms with Gasteiger partial charge in [0.2, 0.25) is 5.91 Å². The molecule has 0 unspecified atom stereocenters. The van der Waals surface area contributed by atoms with E-state index in [4.69, 9.17) is 16.3 Å². The highest BCUT2D eigenvalue weighted by Gasteiger charge is 2.35. The third kappa shape index (κ3) is 4.14. The van der Waals surface area contributed by atoms with E-state index in [-0.39, 0.29) is 18.0 Å². The molecule has 0 aromatic heterocycles. The molecule has 1 saturated carbocycles. The Morgan fingerprint density at radius 1 is 1.39 bits per heavy atom. The summed E-state index contributed by atoms with van der Waals surface area (Å²) in [5, 5.41) is 15.3. The van der Waals surface area contributed by atoms with Crippen LogP contribution in [0.4, 0.5) is 5.69 Å². The Morgan fingerprint density at radius 3 is 2.70 bits per heavy atom. The number of amides is 1. The lowest BCUT2D eigenvalue weighted by Gasteiger charge is -2.22. The third-order valence-electron chi connectivity index (χ3n) is 3.88. The van der Waals surface area contributed by atoms with E-state index in [9.17, 15) is 14.9 Å². The molecule has 0 spiro atoms. The van der Waals surface area contributed by atoms with Crippen LogP contribution in [0.15, 0.2) is 18.2 Å². The van der Waals surface area contributed by atoms with E-state index in [1.165, 1.54) is 13.2 Å². The molecule has 6 nitrogen and oxygen atoms in total. The molecule has 0 saturated heterocycles. The standard InChI is InChI=1S/C16H18ClN3O3/c1-23-15(22)12-8-11(17)4-5-13(12)19-9-14(21)20-16(10-18)6-2-3-7-16/h4-5,8,19H,2-3,6-7,9H2,1H3,(H,20,21). The van der Waals surface area contributed by atoms with Gasteiger partial charge in [-0.3, -0.25) is 4.79 Å². The largest absolute Gasteiger partial charge is 0.465 e. The lowest BCUT2D eigenvalue weighted by molar-refractivity contribution is -0.120. The Hall–Kier alpha value is -2.26. The number of hydrogen-bond donors (Lipinski definition) is 2. The number of nitrogens with zero attached hydrogens (tertiary/aromatic N) is 1. The smallest absolute Gasteiger partial charge is 0.340 e. The Labute approximate surface area is 139 Å². The van der Waals surface area contributed by atoms with Crippen LogP contribution >= 0.6 is 11.6 Å². The number of anilines is 1. The van der Waals surface area contributed by atoms with Gasteiger partial charge in [-0.05, 0) is 43.9 Å². The van der Waals surface area contributed by atoms with Crippen molar-refractivity contribution in [3.63, 3.8) is 0 Å². The fourth-order valence-corrected chi connectivity index (χ4v) is 2.85. The number of benzene rings is 1. The number of ether oxygens (including phenoxy) is 1. The van der Waals surface area contributed by atoms with E-state index in [0.717, 1.165) is 12.8 Å². The second-order valence-corrected chi connectivity index (χ2v) is 5.92. The highest BCUT2D eigenvalue weighted by atomic mass is 35.5. The second kappa shape index (κ2) is 7.34. The van der Waals surface area contributed by atoms with Crippen molar-refractivity contribution in [1.82, 2.24) is 5.32 Å². The molecule has 122 valence electrons. The highest BCUT2D eigenvalue weighted by molar-refractivity contribution is 6.31. The zero-order valence-corrected chi connectivity index (χ0v) is 13.6. The van der Waals surface area contributed by atoms with Crippen LogP contribution in [0.5, 0.6) is 0 Å². The molecule has 1 aliphatic rings. The molecule has 2 N–H and O–H groups in total. The van der Waals surface area contributed by atoms with Gasteiger partial charge in [-0.2, -0.15) is 5.26 Å². The summed E-state index contributed by atoms with van der Waals surface area (Å²) < 4.78 is 4.70. The van der Waals surface area contributed by atoms with E-state index in [2.05, 4.69) is 16.7 Å². The first-order chi connectivity index (χ1) is 11.0. The van der Waals surface area contributed by atoms with Crippen molar-refractivity contribution < 1.29 is 14.3 Å². The average molecular weight is 336 g/mol. The summed E-state index contributed by atoms with van der Waals surface area (Å²) in [7, 11) is 1.27. The van der Waals surface area contributed by atoms with Crippen molar-refractivity contribution in [3.05, 3.63) is 28.8 Å². The summed E-state index contributed by atoms with van der Waals surface area (Å²) >= 11 is 5.88. The topological polar surface area (TPSA) is 91.2 Å². The molecule has 0 atom stereocenters. The Bertz CT molecular complexity index is 648. The highest BCUT2D eigenvalue weighted by Crippen LogP contribution is 2.28. The second-order valence-electron chi connectivity index (χ2n) is 5.48. The summed E-state index contributed by atoms with van der Waals surface area (Å²) in [6, 6.07) is 6.90. The third-order valence-corrected chi connectivity index (χ3v) is 4.11. The van der Waals surface area contributed by atoms with Crippen molar-refractivity contribution in [2.45, 2.75) is 31.2 Å². The van der Waals surface area contributed by atoms with Gasteiger partial charge in [0.15, 0.2) is 0 Å². The average Bonchev–Trinajstić information content (AvgIpc) is 3.01. The molecular formula is C16H18ClN3O3. The molecule has 2 rings (SSSR count). The molecule has 1 fully saturated rings. The van der Waals surface area contributed by atoms with E-state index >= 15 is 0 Å². The number of carbonyl (C=O) groups is 2. The zero-order chi connectivity index (χ0) is 16.9. The van der Waals surface area contributed by atoms with Gasteiger partial charge in [-0.15, -0.1) is 0 Å². The number of carbonyl (C=O) groups excluding carboxylic acids is 2. The summed E-state index contributed by atoms with van der Waals surface area (Å²) in [5.41, 5.74) is -0.0540. The molecule has 0 aliphatic heterocycles. The maximum absolute atomic E-state index is 12.1. The van der Waals surface area contributed by atoms with E-state index in [1.807, 2.05) is 0 Å². The molecule has 1 aliphatic carbocycles. The Morgan fingerprint density at radius 2 is 2.09 bits per heavy atom. The molecule has 23 heavy (non-hydrogen) atoms. The van der Waals surface area contributed by atoms with E-state index in [0.29, 0.717) is 23.6 Å². The molecule has 1 aromatic rings. The van der Waals surface area contributed by atoms with Crippen LogP contribution in [-0.2, 0) is 9.53 Å². The van der Waals surface area contributed by atoms with Crippen LogP contribution < -0.4 is 10.6 Å². The predicted octanol–water partition coefficient (Wildman–Crippen LogP) is 2.49. The number of nitriles is 1. The minimum absolute atomic E-state index is 0.0466. The number of halogens is 1. The number of methoxy groups -OCH3 is 1. The van der Waals surface area contributed by atoms with Crippen LogP contribution in [0, 0.1) is 11.3 Å². The Kier molecular flexibility index (Phi) is 5.45. The summed E-state index contributed by atoms with van der Waals surface area (Å²) in [4.78, 5) is 23.8. The molecular weight excluding hydrogens is 318 g/mol. The number of rotatable bonds is 5. The number of esters is 1. The minimum atomic E-state index is -0.760. The van der Waals surface area contributed by atoms with Crippen LogP contribution in [-0.4, -0.2) is 31.1 Å². The zero-order valence-electron chi connectivity index (χ0n) is 12.8. The molecule has 1 aromatic carbocycles. The normalized spacial score (nSPS) is 15.5. The minimum Gasteiger partial charge on any atom is -0.465 e. The van der Waals surface area contributed by atoms with E-state index < -0.39 is 11.5 Å². The maximum atomic E-state index is 12.1. The molecule has 0 heterocycles. The van der Waals surface area contributed by atoms with E-state index in [1.54, 1.807) is 12.1 Å². The predicted molar refractivity (Wildman–Crippen MR) is 86.2 cm³/mol. The molecule has 0 bridgehead atoms. The fourth-order valence-electron chi connectivity index (χ4n) is 2.68. The van der Waals surface area contributed by atoms with Crippen molar-refractivity contribution in [3.8, 4) is 6.07 Å². The van der Waals surface area contributed by atoms with Gasteiger partial charge in [-0.1, -0.05) is 11.6 Å². The summed E-state index contributed by atoms with van der Waals surface area (Å²) in [6.45, 7) is -0.0466. The van der Waals surface area contributed by atoms with Crippen molar-refractivity contribution in [2.75, 3.05) is 19.0 Å². The molecule has 1 amide bonds. The fraction of sp³-hybridized carbons (Fsp3) is 0.438. The lowest BCUT2D eigenvalue weighted by Crippen LogP contribution is -2.47. The Balaban J connectivity index is 2.02. The first-order valence-electron chi connectivity index (χ1n) is 7.34. The van der Waals surface area contributed by atoms with Crippen LogP contribution in [0.25, 0.3) is 0 Å². The van der Waals surface area contributed by atoms with Gasteiger partial charge >= 0.3 is 5.97 Å². The van der Waals surface area contributed by atoms with Crippen molar-refractivity contribution in [2.24, 2.45) is 0 Å². The summed E-state index contributed by atoms with van der Waals surface area (Å²) in [5.74, 6) is -0.834. The SMILES string of the molecule is COC(=O)c1cc(Cl)ccc1NCC(=O)NC1(C#N)CCCC1. The van der Waals surface area contributed by atoms with Gasteiger partial charge in [0.1, 0.15) is 5.54 Å². The maximum Gasteiger partial charge on any atom is 0.340 e. The van der Waals surface area contributed by atoms with Crippen LogP contribution in [0.1, 0.15) is 36.0 Å². The summed E-state index contributed by atoms with van der Waals surface area (Å²) in [6.07, 6.45) is 3.21. The van der Waals surface area contributed by atoms with Gasteiger partial charge in [0, 0.05) is 10.7 Å². The molecule has 0 radical (unpaired) electrons. The van der Waals surface area contributed by atoms with Gasteiger partial charge in [0.25, 0.3) is 0 Å². The quantitative estimate of drug-likeness (QED) is 0.807.